The van der Waals surface area contributed by atoms with Crippen LogP contribution in [0.25, 0.3) is 0 Å². The molecule has 3 nitrogen and oxygen atoms in total. The highest BCUT2D eigenvalue weighted by Gasteiger charge is 2.49. The van der Waals surface area contributed by atoms with Crippen LogP contribution < -0.4 is 0 Å². The zero-order valence-electron chi connectivity index (χ0n) is 10.4. The molecule has 1 N–H and O–H groups in total. The monoisotopic (exact) mass is 343 g/mol. The van der Waals surface area contributed by atoms with Gasteiger partial charge in [-0.3, -0.25) is 9.69 Å². The lowest BCUT2D eigenvalue weighted by Gasteiger charge is -2.23. The molecular weight excluding hydrogens is 330 g/mol. The highest BCUT2D eigenvalue weighted by molar-refractivity contribution is 9.10. The Bertz CT molecular complexity index is 522. The number of hydrogen-bond donors (Lipinski definition) is 1. The Morgan fingerprint density at radius 1 is 1.47 bits per heavy atom. The molecule has 2 aliphatic rings. The van der Waals surface area contributed by atoms with Crippen molar-refractivity contribution in [2.24, 2.45) is 5.92 Å². The predicted octanol–water partition coefficient (Wildman–Crippen LogP) is 3.54. The number of rotatable bonds is 3. The first-order valence-corrected chi connectivity index (χ1v) is 7.66. The Kier molecular flexibility index (Phi) is 3.58. The second-order valence-electron chi connectivity index (χ2n) is 5.39. The molecule has 0 saturated carbocycles. The molecule has 2 aliphatic heterocycles. The summed E-state index contributed by atoms with van der Waals surface area (Å²) in [5.41, 5.74) is 1.07. The van der Waals surface area contributed by atoms with E-state index >= 15 is 0 Å². The lowest BCUT2D eigenvalue weighted by Crippen LogP contribution is -2.32. The molecule has 2 saturated heterocycles. The van der Waals surface area contributed by atoms with E-state index in [2.05, 4.69) is 20.8 Å². The smallest absolute Gasteiger partial charge is 0.308 e. The van der Waals surface area contributed by atoms with Gasteiger partial charge in [0.2, 0.25) is 0 Å². The van der Waals surface area contributed by atoms with E-state index in [-0.39, 0.29) is 12.0 Å². The van der Waals surface area contributed by atoms with E-state index in [0.717, 1.165) is 40.9 Å². The van der Waals surface area contributed by atoms with Crippen LogP contribution in [0.2, 0.25) is 5.02 Å². The van der Waals surface area contributed by atoms with E-state index in [1.807, 2.05) is 18.2 Å². The molecular formula is C14H15BrClNO2. The molecule has 0 spiro atoms. The lowest BCUT2D eigenvalue weighted by molar-refractivity contribution is -0.142. The Morgan fingerprint density at radius 3 is 2.95 bits per heavy atom. The standard InChI is InChI=1S/C14H15BrClNO2/c15-9-1-3-12(16)8(5-9)7-17-10-2-4-13(17)11(6-10)14(18)19/h1,3,5,10-11,13H,2,4,6-7H2,(H,18,19). The van der Waals surface area contributed by atoms with Crippen molar-refractivity contribution in [3.63, 3.8) is 0 Å². The van der Waals surface area contributed by atoms with E-state index in [4.69, 9.17) is 11.6 Å². The molecule has 0 amide bonds. The topological polar surface area (TPSA) is 40.5 Å². The summed E-state index contributed by atoms with van der Waals surface area (Å²) in [5.74, 6) is -0.859. The SMILES string of the molecule is O=C(O)C1CC2CCC1N2Cc1cc(Br)ccc1Cl. The first-order valence-electron chi connectivity index (χ1n) is 6.48. The van der Waals surface area contributed by atoms with Gasteiger partial charge in [0, 0.05) is 28.1 Å². The number of hydrogen-bond acceptors (Lipinski definition) is 2. The number of nitrogens with zero attached hydrogens (tertiary/aromatic N) is 1. The second kappa shape index (κ2) is 5.08. The summed E-state index contributed by atoms with van der Waals surface area (Å²) in [6.45, 7) is 0.747. The van der Waals surface area contributed by atoms with Gasteiger partial charge in [-0.05, 0) is 43.0 Å². The highest BCUT2D eigenvalue weighted by atomic mass is 79.9. The molecule has 0 aliphatic carbocycles. The number of fused-ring (bicyclic) bond motifs is 2. The van der Waals surface area contributed by atoms with Gasteiger partial charge < -0.3 is 5.11 Å². The van der Waals surface area contributed by atoms with Crippen LogP contribution >= 0.6 is 27.5 Å². The second-order valence-corrected chi connectivity index (χ2v) is 6.71. The number of carboxylic acid groups (broad SMARTS) is 1. The molecule has 2 heterocycles. The van der Waals surface area contributed by atoms with Crippen molar-refractivity contribution in [2.75, 3.05) is 0 Å². The minimum Gasteiger partial charge on any atom is -0.481 e. The molecule has 3 rings (SSSR count). The van der Waals surface area contributed by atoms with Gasteiger partial charge in [0.05, 0.1) is 5.92 Å². The average molecular weight is 345 g/mol. The third-order valence-corrected chi connectivity index (χ3v) is 5.22. The molecule has 102 valence electrons. The van der Waals surface area contributed by atoms with Crippen LogP contribution in [0.5, 0.6) is 0 Å². The van der Waals surface area contributed by atoms with Crippen molar-refractivity contribution in [3.8, 4) is 0 Å². The third-order valence-electron chi connectivity index (χ3n) is 4.36. The first kappa shape index (κ1) is 13.4. The minimum absolute atomic E-state index is 0.178. The summed E-state index contributed by atoms with van der Waals surface area (Å²) in [5, 5.41) is 10.0. The van der Waals surface area contributed by atoms with Gasteiger partial charge in [-0.2, -0.15) is 0 Å². The van der Waals surface area contributed by atoms with Gasteiger partial charge in [-0.25, -0.2) is 0 Å². The zero-order valence-corrected chi connectivity index (χ0v) is 12.7. The third kappa shape index (κ3) is 2.41. The Balaban J connectivity index is 1.81. The maximum atomic E-state index is 11.3. The van der Waals surface area contributed by atoms with E-state index < -0.39 is 5.97 Å². The molecule has 19 heavy (non-hydrogen) atoms. The van der Waals surface area contributed by atoms with Crippen LogP contribution in [0.15, 0.2) is 22.7 Å². The van der Waals surface area contributed by atoms with Crippen LogP contribution in [-0.4, -0.2) is 28.1 Å². The summed E-state index contributed by atoms with van der Waals surface area (Å²) in [7, 11) is 0. The largest absolute Gasteiger partial charge is 0.481 e. The quantitative estimate of drug-likeness (QED) is 0.912. The van der Waals surface area contributed by atoms with Crippen molar-refractivity contribution in [3.05, 3.63) is 33.3 Å². The number of carbonyl (C=O) groups is 1. The molecule has 2 bridgehead atoms. The highest BCUT2D eigenvalue weighted by Crippen LogP contribution is 2.43. The van der Waals surface area contributed by atoms with E-state index in [1.54, 1.807) is 0 Å². The van der Waals surface area contributed by atoms with Gasteiger partial charge in [-0.1, -0.05) is 27.5 Å². The fraction of sp³-hybridized carbons (Fsp3) is 0.500. The molecule has 1 aromatic carbocycles. The number of aliphatic carboxylic acids is 1. The number of carboxylic acids is 1. The van der Waals surface area contributed by atoms with Gasteiger partial charge in [0.15, 0.2) is 0 Å². The van der Waals surface area contributed by atoms with Gasteiger partial charge in [-0.15, -0.1) is 0 Å². The number of benzene rings is 1. The summed E-state index contributed by atoms with van der Waals surface area (Å²) in [6.07, 6.45) is 2.89. The molecule has 0 aromatic heterocycles. The van der Waals surface area contributed by atoms with Crippen LogP contribution in [0, 0.1) is 5.92 Å². The van der Waals surface area contributed by atoms with Crippen LogP contribution in [0.3, 0.4) is 0 Å². The van der Waals surface area contributed by atoms with E-state index in [1.165, 1.54) is 0 Å². The summed E-state index contributed by atoms with van der Waals surface area (Å²) < 4.78 is 1.01. The van der Waals surface area contributed by atoms with Gasteiger partial charge in [0.25, 0.3) is 0 Å². The fourth-order valence-corrected chi connectivity index (χ4v) is 4.06. The summed E-state index contributed by atoms with van der Waals surface area (Å²) in [4.78, 5) is 13.6. The minimum atomic E-state index is -0.655. The number of halogens is 2. The first-order chi connectivity index (χ1) is 9.06. The maximum absolute atomic E-state index is 11.3. The van der Waals surface area contributed by atoms with Crippen LogP contribution in [0.4, 0.5) is 0 Å². The van der Waals surface area contributed by atoms with E-state index in [0.29, 0.717) is 6.04 Å². The summed E-state index contributed by atoms with van der Waals surface area (Å²) >= 11 is 9.68. The van der Waals surface area contributed by atoms with Crippen molar-refractivity contribution < 1.29 is 9.90 Å². The Labute approximate surface area is 125 Å². The summed E-state index contributed by atoms with van der Waals surface area (Å²) in [6, 6.07) is 6.41. The van der Waals surface area contributed by atoms with Crippen molar-refractivity contribution in [1.82, 2.24) is 4.90 Å². The normalized spacial score (nSPS) is 29.9. The Hall–Kier alpha value is -0.580. The van der Waals surface area contributed by atoms with Crippen molar-refractivity contribution >= 4 is 33.5 Å². The van der Waals surface area contributed by atoms with Gasteiger partial charge >= 0.3 is 5.97 Å². The molecule has 2 fully saturated rings. The Morgan fingerprint density at radius 2 is 2.26 bits per heavy atom. The average Bonchev–Trinajstić information content (AvgIpc) is 2.91. The lowest BCUT2D eigenvalue weighted by atomic mass is 9.89. The molecule has 5 heteroatoms. The van der Waals surface area contributed by atoms with E-state index in [9.17, 15) is 9.90 Å². The van der Waals surface area contributed by atoms with Crippen molar-refractivity contribution in [1.29, 1.82) is 0 Å². The van der Waals surface area contributed by atoms with Crippen LogP contribution in [-0.2, 0) is 11.3 Å². The maximum Gasteiger partial charge on any atom is 0.308 e. The van der Waals surface area contributed by atoms with Crippen LogP contribution in [0.1, 0.15) is 24.8 Å². The van der Waals surface area contributed by atoms with Gasteiger partial charge in [0.1, 0.15) is 0 Å². The molecule has 3 unspecified atom stereocenters. The molecule has 1 aromatic rings. The molecule has 3 atom stereocenters. The fourth-order valence-electron chi connectivity index (χ4n) is 3.47. The predicted molar refractivity (Wildman–Crippen MR) is 77.2 cm³/mol. The molecule has 0 radical (unpaired) electrons. The zero-order chi connectivity index (χ0) is 13.6. The van der Waals surface area contributed by atoms with Crippen molar-refractivity contribution in [2.45, 2.75) is 37.9 Å².